The van der Waals surface area contributed by atoms with Crippen LogP contribution < -0.4 is 9.47 Å². The molecule has 0 aromatic heterocycles. The molecule has 0 spiro atoms. The molecule has 0 N–H and O–H groups in total. The van der Waals surface area contributed by atoms with Crippen LogP contribution in [0.15, 0.2) is 0 Å². The molecule has 6 nitrogen and oxygen atoms in total. The Kier molecular flexibility index (Phi) is 7.18. The van der Waals surface area contributed by atoms with E-state index in [4.69, 9.17) is 42.1 Å². The Balaban J connectivity index is 2.19. The highest BCUT2D eigenvalue weighted by Crippen LogP contribution is 2.54. The number of hydrogen-bond acceptors (Lipinski definition) is 6. The first-order valence-corrected chi connectivity index (χ1v) is 11.0. The molecular weight excluding hydrogens is 455 g/mol. The van der Waals surface area contributed by atoms with Crippen molar-refractivity contribution in [2.75, 3.05) is 27.4 Å². The number of halogens is 2. The van der Waals surface area contributed by atoms with Gasteiger partial charge < -0.3 is 18.9 Å². The van der Waals surface area contributed by atoms with Crippen LogP contribution in [-0.4, -0.2) is 39.4 Å². The molecule has 32 heavy (non-hydrogen) atoms. The van der Waals surface area contributed by atoms with Gasteiger partial charge in [-0.25, -0.2) is 0 Å². The Hall–Kier alpha value is -2.54. The van der Waals surface area contributed by atoms with Gasteiger partial charge in [0, 0.05) is 58.7 Å². The van der Waals surface area contributed by atoms with E-state index in [0.717, 1.165) is 22.3 Å². The summed E-state index contributed by atoms with van der Waals surface area (Å²) in [6.07, 6.45) is 1.01. The van der Waals surface area contributed by atoms with Gasteiger partial charge in [-0.1, -0.05) is 11.8 Å². The van der Waals surface area contributed by atoms with Gasteiger partial charge in [-0.05, 0) is 37.0 Å². The fourth-order valence-electron chi connectivity index (χ4n) is 4.77. The number of methoxy groups -OCH3 is 2. The highest BCUT2D eigenvalue weighted by atomic mass is 35.5. The van der Waals surface area contributed by atoms with Crippen molar-refractivity contribution in [2.45, 2.75) is 39.5 Å². The van der Waals surface area contributed by atoms with Gasteiger partial charge in [0.15, 0.2) is 0 Å². The maximum atomic E-state index is 12.9. The second-order valence-electron chi connectivity index (χ2n) is 7.73. The Labute approximate surface area is 197 Å². The molecule has 0 aliphatic heterocycles. The van der Waals surface area contributed by atoms with Crippen LogP contribution in [0.3, 0.4) is 0 Å². The molecule has 1 aromatic carbocycles. The van der Waals surface area contributed by atoms with Crippen LogP contribution in [0.4, 0.5) is 0 Å². The second-order valence-corrected chi connectivity index (χ2v) is 8.11. The molecule has 0 atom stereocenters. The molecule has 0 fully saturated rings. The van der Waals surface area contributed by atoms with E-state index in [2.05, 4.69) is 22.6 Å². The summed E-state index contributed by atoms with van der Waals surface area (Å²) in [4.78, 5) is 25.7. The smallest absolute Gasteiger partial charge is 0.324 e. The second kappa shape index (κ2) is 9.53. The summed E-state index contributed by atoms with van der Waals surface area (Å²) in [5, 5.41) is 4.72. The average molecular weight is 479 g/mol. The summed E-state index contributed by atoms with van der Waals surface area (Å²) in [6.45, 7) is 3.93. The van der Waals surface area contributed by atoms with E-state index in [-0.39, 0.29) is 38.9 Å². The number of hydrogen-bond donors (Lipinski definition) is 0. The zero-order chi connectivity index (χ0) is 23.5. The summed E-state index contributed by atoms with van der Waals surface area (Å²) in [6, 6.07) is 0. The molecule has 0 bridgehead atoms. The molecule has 1 aromatic rings. The fraction of sp³-hybridized carbons (Fsp3) is 0.500. The van der Waals surface area contributed by atoms with Crippen molar-refractivity contribution in [2.24, 2.45) is 10.8 Å². The van der Waals surface area contributed by atoms with Crippen LogP contribution in [0.1, 0.15) is 36.1 Å². The lowest BCUT2D eigenvalue weighted by Gasteiger charge is -2.21. The van der Waals surface area contributed by atoms with Crippen LogP contribution in [-0.2, 0) is 44.7 Å². The van der Waals surface area contributed by atoms with Gasteiger partial charge in [0.2, 0.25) is 0 Å². The van der Waals surface area contributed by atoms with Crippen molar-refractivity contribution in [1.29, 1.82) is 0 Å². The lowest BCUT2D eigenvalue weighted by atomic mass is 9.84. The Morgan fingerprint density at radius 3 is 1.28 bits per heavy atom. The first-order valence-electron chi connectivity index (χ1n) is 10.2. The SMILES string of the molecule is CCOC(=O)C1(C#CCl)Cc2c(c(OC)c3c(c2OC)CC(C#CCl)(C(=O)OCC)C3)C1. The standard InChI is InChI=1S/C24H24Cl2O6/c1-5-31-21(27)23(7-9-25)11-15-16(12-23)20(30-4)18-14-24(8-10-26,22(28)32-6-2)13-17(18)19(15)29-3/h5-6,11-14H2,1-4H3. The van der Waals surface area contributed by atoms with E-state index < -0.39 is 22.8 Å². The molecule has 3 rings (SSSR count). The quantitative estimate of drug-likeness (QED) is 0.460. The third-order valence-electron chi connectivity index (χ3n) is 6.05. The molecule has 0 unspecified atom stereocenters. The van der Waals surface area contributed by atoms with Crippen LogP contribution in [0.2, 0.25) is 0 Å². The normalized spacial score (nSPS) is 16.4. The van der Waals surface area contributed by atoms with Gasteiger partial charge in [0.25, 0.3) is 0 Å². The number of esters is 2. The van der Waals surface area contributed by atoms with Crippen molar-refractivity contribution < 1.29 is 28.5 Å². The molecule has 0 saturated carbocycles. The minimum Gasteiger partial charge on any atom is -0.496 e. The molecule has 170 valence electrons. The van der Waals surface area contributed by atoms with E-state index in [9.17, 15) is 9.59 Å². The number of fused-ring (bicyclic) bond motifs is 2. The maximum Gasteiger partial charge on any atom is 0.324 e. The maximum absolute atomic E-state index is 12.9. The number of rotatable bonds is 6. The highest BCUT2D eigenvalue weighted by Gasteiger charge is 2.52. The number of benzene rings is 1. The van der Waals surface area contributed by atoms with Gasteiger partial charge >= 0.3 is 11.9 Å². The zero-order valence-corrected chi connectivity index (χ0v) is 20.0. The molecular formula is C24H24Cl2O6. The highest BCUT2D eigenvalue weighted by molar-refractivity contribution is 6.30. The first kappa shape index (κ1) is 24.1. The van der Waals surface area contributed by atoms with E-state index in [0.29, 0.717) is 11.5 Å². The zero-order valence-electron chi connectivity index (χ0n) is 18.4. The van der Waals surface area contributed by atoms with Crippen LogP contribution in [0, 0.1) is 33.4 Å². The van der Waals surface area contributed by atoms with Crippen molar-refractivity contribution in [1.82, 2.24) is 0 Å². The van der Waals surface area contributed by atoms with E-state index in [1.807, 2.05) is 0 Å². The van der Waals surface area contributed by atoms with Crippen molar-refractivity contribution in [3.63, 3.8) is 0 Å². The van der Waals surface area contributed by atoms with Crippen LogP contribution in [0.5, 0.6) is 11.5 Å². The predicted molar refractivity (Wildman–Crippen MR) is 120 cm³/mol. The topological polar surface area (TPSA) is 71.1 Å². The molecule has 8 heteroatoms. The third kappa shape index (κ3) is 3.76. The molecule has 0 heterocycles. The molecule has 0 saturated heterocycles. The third-order valence-corrected chi connectivity index (χ3v) is 6.24. The van der Waals surface area contributed by atoms with Gasteiger partial charge in [-0.15, -0.1) is 0 Å². The average Bonchev–Trinajstić information content (AvgIpc) is 3.33. The monoisotopic (exact) mass is 478 g/mol. The van der Waals surface area contributed by atoms with Crippen LogP contribution in [0.25, 0.3) is 0 Å². The van der Waals surface area contributed by atoms with Gasteiger partial charge in [-0.2, -0.15) is 0 Å². The summed E-state index contributed by atoms with van der Waals surface area (Å²) in [5.41, 5.74) is 0.875. The Bertz CT molecular complexity index is 948. The van der Waals surface area contributed by atoms with E-state index in [1.165, 1.54) is 0 Å². The Morgan fingerprint density at radius 2 is 1.06 bits per heavy atom. The first-order chi connectivity index (χ1) is 15.4. The van der Waals surface area contributed by atoms with Crippen molar-refractivity contribution >= 4 is 35.1 Å². The van der Waals surface area contributed by atoms with Gasteiger partial charge in [0.1, 0.15) is 22.3 Å². The largest absolute Gasteiger partial charge is 0.496 e. The summed E-state index contributed by atoms with van der Waals surface area (Å²) in [7, 11) is 3.11. The minimum atomic E-state index is -1.14. The van der Waals surface area contributed by atoms with E-state index in [1.54, 1.807) is 28.1 Å². The molecule has 2 aliphatic carbocycles. The lowest BCUT2D eigenvalue weighted by Crippen LogP contribution is -2.33. The number of ether oxygens (including phenoxy) is 4. The molecule has 0 radical (unpaired) electrons. The van der Waals surface area contributed by atoms with Gasteiger partial charge in [-0.3, -0.25) is 9.59 Å². The summed E-state index contributed by atoms with van der Waals surface area (Å²) >= 11 is 11.5. The van der Waals surface area contributed by atoms with Crippen LogP contribution >= 0.6 is 23.2 Å². The van der Waals surface area contributed by atoms with Crippen molar-refractivity contribution in [3.05, 3.63) is 22.3 Å². The molecule has 0 amide bonds. The van der Waals surface area contributed by atoms with Crippen molar-refractivity contribution in [3.8, 4) is 34.1 Å². The summed E-state index contributed by atoms with van der Waals surface area (Å²) < 4.78 is 22.2. The molecule has 2 aliphatic rings. The lowest BCUT2D eigenvalue weighted by molar-refractivity contribution is -0.152. The number of carbonyl (C=O) groups is 2. The fourth-order valence-corrected chi connectivity index (χ4v) is 5.13. The minimum absolute atomic E-state index is 0.227. The summed E-state index contributed by atoms with van der Waals surface area (Å²) in [5.74, 6) is 5.99. The van der Waals surface area contributed by atoms with Gasteiger partial charge in [0.05, 0.1) is 27.4 Å². The Morgan fingerprint density at radius 1 is 0.750 bits per heavy atom. The van der Waals surface area contributed by atoms with E-state index >= 15 is 0 Å². The predicted octanol–water partition coefficient (Wildman–Crippen LogP) is 3.40. The number of carbonyl (C=O) groups excluding carboxylic acids is 2.